The maximum Gasteiger partial charge on any atom is 0.170 e. The van der Waals surface area contributed by atoms with Crippen molar-refractivity contribution in [3.05, 3.63) is 71.9 Å². The first-order valence-corrected chi connectivity index (χ1v) is 8.22. The van der Waals surface area contributed by atoms with Crippen LogP contribution in [0.1, 0.15) is 25.3 Å². The summed E-state index contributed by atoms with van der Waals surface area (Å²) in [5, 5.41) is 0. The van der Waals surface area contributed by atoms with Gasteiger partial charge in [-0.2, -0.15) is 0 Å². The van der Waals surface area contributed by atoms with Crippen molar-refractivity contribution in [2.45, 2.75) is 25.2 Å². The summed E-state index contributed by atoms with van der Waals surface area (Å²) in [6.45, 7) is 2.04. The molecule has 124 valence electrons. The topological polar surface area (TPSA) is 29.5 Å². The van der Waals surface area contributed by atoms with E-state index in [2.05, 4.69) is 0 Å². The van der Waals surface area contributed by atoms with Crippen LogP contribution in [0, 0.1) is 0 Å². The molecule has 2 aromatic rings. The van der Waals surface area contributed by atoms with Gasteiger partial charge in [-0.25, -0.2) is 0 Å². The summed E-state index contributed by atoms with van der Waals surface area (Å²) in [5.74, 6) is 1.03. The molecule has 3 nitrogen and oxygen atoms in total. The third-order valence-corrected chi connectivity index (χ3v) is 4.93. The Hall–Kier alpha value is -2.55. The van der Waals surface area contributed by atoms with E-state index in [1.807, 2.05) is 79.7 Å². The molecule has 1 aliphatic carbocycles. The van der Waals surface area contributed by atoms with Crippen LogP contribution in [0.2, 0.25) is 0 Å². The Bertz CT molecular complexity index is 749. The molecule has 1 fully saturated rings. The van der Waals surface area contributed by atoms with E-state index in [-0.39, 0.29) is 5.78 Å². The first kappa shape index (κ1) is 16.3. The average molecular weight is 321 g/mol. The smallest absolute Gasteiger partial charge is 0.170 e. The molecule has 1 aliphatic rings. The van der Waals surface area contributed by atoms with Gasteiger partial charge in [0.1, 0.15) is 5.75 Å². The lowest BCUT2D eigenvalue weighted by molar-refractivity contribution is -0.118. The van der Waals surface area contributed by atoms with E-state index >= 15 is 0 Å². The largest absolute Gasteiger partial charge is 0.497 e. The van der Waals surface area contributed by atoms with Crippen LogP contribution in [0.5, 0.6) is 5.75 Å². The van der Waals surface area contributed by atoms with E-state index in [4.69, 9.17) is 4.74 Å². The van der Waals surface area contributed by atoms with Gasteiger partial charge in [-0.1, -0.05) is 30.3 Å². The molecule has 2 aromatic carbocycles. The minimum Gasteiger partial charge on any atom is -0.497 e. The number of nitrogens with zero attached hydrogens (tertiary/aromatic N) is 1. The lowest BCUT2D eigenvalue weighted by atomic mass is 9.80. The monoisotopic (exact) mass is 321 g/mol. The normalized spacial score (nSPS) is 22.0. The molecule has 0 aromatic heterocycles. The Morgan fingerprint density at radius 1 is 1.08 bits per heavy atom. The van der Waals surface area contributed by atoms with Crippen molar-refractivity contribution >= 4 is 11.5 Å². The van der Waals surface area contributed by atoms with Crippen molar-refractivity contribution in [2.75, 3.05) is 19.1 Å². The summed E-state index contributed by atoms with van der Waals surface area (Å²) in [5.41, 5.74) is 2.57. The van der Waals surface area contributed by atoms with Gasteiger partial charge in [0.15, 0.2) is 5.78 Å². The maximum atomic E-state index is 13.0. The van der Waals surface area contributed by atoms with E-state index in [1.54, 1.807) is 7.11 Å². The SMILES string of the molecule is COc1ccc(C2(C)CCC(=CN(C)c3ccccc3)C2=O)cc1. The number of carbonyl (C=O) groups excluding carboxylic acids is 1. The quantitative estimate of drug-likeness (QED) is 0.785. The van der Waals surface area contributed by atoms with Gasteiger partial charge in [-0.15, -0.1) is 0 Å². The fraction of sp³-hybridized carbons (Fsp3) is 0.286. The van der Waals surface area contributed by atoms with Crippen molar-refractivity contribution in [1.29, 1.82) is 0 Å². The van der Waals surface area contributed by atoms with Crippen molar-refractivity contribution in [3.63, 3.8) is 0 Å². The average Bonchev–Trinajstić information content (AvgIpc) is 2.92. The fourth-order valence-electron chi connectivity index (χ4n) is 3.29. The minimum absolute atomic E-state index is 0.218. The molecule has 1 atom stereocenters. The van der Waals surface area contributed by atoms with Crippen LogP contribution in [0.3, 0.4) is 0 Å². The van der Waals surface area contributed by atoms with Crippen LogP contribution in [0.15, 0.2) is 66.4 Å². The predicted octanol–water partition coefficient (Wildman–Crippen LogP) is 4.34. The number of hydrogen-bond donors (Lipinski definition) is 0. The second kappa shape index (κ2) is 6.52. The Kier molecular flexibility index (Phi) is 4.43. The van der Waals surface area contributed by atoms with Gasteiger partial charge in [0, 0.05) is 24.5 Å². The number of Topliss-reactive ketones (excluding diaryl/α,β-unsaturated/α-hetero) is 1. The zero-order valence-corrected chi connectivity index (χ0v) is 14.5. The van der Waals surface area contributed by atoms with Crippen molar-refractivity contribution in [3.8, 4) is 5.75 Å². The van der Waals surface area contributed by atoms with E-state index in [0.29, 0.717) is 0 Å². The van der Waals surface area contributed by atoms with Crippen molar-refractivity contribution in [1.82, 2.24) is 0 Å². The third-order valence-electron chi connectivity index (χ3n) is 4.93. The van der Waals surface area contributed by atoms with Crippen LogP contribution in [-0.2, 0) is 10.2 Å². The second-order valence-electron chi connectivity index (χ2n) is 6.49. The summed E-state index contributed by atoms with van der Waals surface area (Å²) in [4.78, 5) is 15.0. The molecule has 0 saturated heterocycles. The Morgan fingerprint density at radius 2 is 1.75 bits per heavy atom. The van der Waals surface area contributed by atoms with Gasteiger partial charge in [0.05, 0.1) is 12.5 Å². The molecule has 0 radical (unpaired) electrons. The fourth-order valence-corrected chi connectivity index (χ4v) is 3.29. The number of ketones is 1. The number of allylic oxidation sites excluding steroid dienone is 1. The van der Waals surface area contributed by atoms with Gasteiger partial charge in [0.25, 0.3) is 0 Å². The molecule has 3 heteroatoms. The summed E-state index contributed by atoms with van der Waals surface area (Å²) < 4.78 is 5.21. The first-order valence-electron chi connectivity index (χ1n) is 8.22. The summed E-state index contributed by atoms with van der Waals surface area (Å²) in [6, 6.07) is 17.9. The molecule has 1 unspecified atom stereocenters. The first-order chi connectivity index (χ1) is 11.5. The number of hydrogen-bond acceptors (Lipinski definition) is 3. The lowest BCUT2D eigenvalue weighted by Crippen LogP contribution is -2.27. The lowest BCUT2D eigenvalue weighted by Gasteiger charge is -2.22. The highest BCUT2D eigenvalue weighted by Gasteiger charge is 2.42. The van der Waals surface area contributed by atoms with E-state index in [1.165, 1.54) is 0 Å². The Morgan fingerprint density at radius 3 is 2.38 bits per heavy atom. The third kappa shape index (κ3) is 2.94. The molecule has 1 saturated carbocycles. The van der Waals surface area contributed by atoms with E-state index in [9.17, 15) is 4.79 Å². The van der Waals surface area contributed by atoms with Crippen LogP contribution in [0.4, 0.5) is 5.69 Å². The standard InChI is InChI=1S/C21H23NO2/c1-21(17-9-11-19(24-3)12-10-17)14-13-16(20(21)23)15-22(2)18-7-5-4-6-8-18/h4-12,15H,13-14H2,1-3H3. The molecule has 0 heterocycles. The van der Waals surface area contributed by atoms with Gasteiger partial charge >= 0.3 is 0 Å². The number of anilines is 1. The highest BCUT2D eigenvalue weighted by Crippen LogP contribution is 2.41. The number of carbonyl (C=O) groups is 1. The van der Waals surface area contributed by atoms with Crippen LogP contribution in [-0.4, -0.2) is 19.9 Å². The van der Waals surface area contributed by atoms with Gasteiger partial charge < -0.3 is 9.64 Å². The van der Waals surface area contributed by atoms with Gasteiger partial charge in [-0.3, -0.25) is 4.79 Å². The molecule has 0 bridgehead atoms. The highest BCUT2D eigenvalue weighted by atomic mass is 16.5. The molecule has 3 rings (SSSR count). The van der Waals surface area contributed by atoms with Crippen LogP contribution in [0.25, 0.3) is 0 Å². The van der Waals surface area contributed by atoms with E-state index < -0.39 is 5.41 Å². The molecule has 0 aliphatic heterocycles. The molecule has 0 spiro atoms. The number of methoxy groups -OCH3 is 1. The molecule has 0 N–H and O–H groups in total. The van der Waals surface area contributed by atoms with Gasteiger partial charge in [0.2, 0.25) is 0 Å². The van der Waals surface area contributed by atoms with Crippen molar-refractivity contribution in [2.24, 2.45) is 0 Å². The number of para-hydroxylation sites is 1. The Labute approximate surface area is 143 Å². The predicted molar refractivity (Wildman–Crippen MR) is 97.5 cm³/mol. The zero-order valence-electron chi connectivity index (χ0n) is 14.5. The summed E-state index contributed by atoms with van der Waals surface area (Å²) >= 11 is 0. The minimum atomic E-state index is -0.449. The maximum absolute atomic E-state index is 13.0. The number of benzene rings is 2. The molecule has 0 amide bonds. The summed E-state index contributed by atoms with van der Waals surface area (Å²) in [6.07, 6.45) is 3.62. The molecule has 24 heavy (non-hydrogen) atoms. The van der Waals surface area contributed by atoms with Crippen LogP contribution < -0.4 is 9.64 Å². The van der Waals surface area contributed by atoms with Crippen LogP contribution >= 0.6 is 0 Å². The second-order valence-corrected chi connectivity index (χ2v) is 6.49. The number of ether oxygens (including phenoxy) is 1. The molecular weight excluding hydrogens is 298 g/mol. The Balaban J connectivity index is 1.84. The summed E-state index contributed by atoms with van der Waals surface area (Å²) in [7, 11) is 3.64. The zero-order chi connectivity index (χ0) is 17.2. The van der Waals surface area contributed by atoms with E-state index in [0.717, 1.165) is 35.4 Å². The van der Waals surface area contributed by atoms with Gasteiger partial charge in [-0.05, 0) is 49.6 Å². The number of rotatable bonds is 4. The molecular formula is C21H23NO2. The highest BCUT2D eigenvalue weighted by molar-refractivity contribution is 6.05. The van der Waals surface area contributed by atoms with Crippen molar-refractivity contribution < 1.29 is 9.53 Å².